The van der Waals surface area contributed by atoms with Crippen molar-refractivity contribution in [3.63, 3.8) is 0 Å². The molecule has 1 fully saturated rings. The number of rotatable bonds is 2. The lowest BCUT2D eigenvalue weighted by atomic mass is 9.86. The Kier molecular flexibility index (Phi) is 4.40. The Bertz CT molecular complexity index is 224. The number of thioether (sulfide) groups is 1. The zero-order chi connectivity index (χ0) is 12.6. The summed E-state index contributed by atoms with van der Waals surface area (Å²) in [4.78, 5) is 2.56. The first-order valence-electron chi connectivity index (χ1n) is 6.49. The number of hydrogen-bond acceptors (Lipinski definition) is 2. The van der Waals surface area contributed by atoms with Crippen molar-refractivity contribution < 1.29 is 0 Å². The highest BCUT2D eigenvalue weighted by Gasteiger charge is 2.39. The van der Waals surface area contributed by atoms with E-state index in [-0.39, 0.29) is 0 Å². The van der Waals surface area contributed by atoms with Crippen LogP contribution in [0.3, 0.4) is 0 Å². The van der Waals surface area contributed by atoms with Crippen LogP contribution in [0.25, 0.3) is 0 Å². The zero-order valence-corrected chi connectivity index (χ0v) is 12.9. The molecule has 2 atom stereocenters. The molecule has 0 aromatic carbocycles. The molecule has 0 spiro atoms. The summed E-state index contributed by atoms with van der Waals surface area (Å²) in [5, 5.41) is 0.736. The molecule has 0 amide bonds. The van der Waals surface area contributed by atoms with E-state index in [1.165, 1.54) is 19.4 Å². The zero-order valence-electron chi connectivity index (χ0n) is 12.1. The predicted octanol–water partition coefficient (Wildman–Crippen LogP) is 4.03. The third kappa shape index (κ3) is 3.96. The smallest absolute Gasteiger partial charge is 0.0257 e. The van der Waals surface area contributed by atoms with Crippen molar-refractivity contribution in [1.82, 2.24) is 4.90 Å². The molecule has 0 aromatic heterocycles. The summed E-state index contributed by atoms with van der Waals surface area (Å²) >= 11 is 2.17. The van der Waals surface area contributed by atoms with Crippen LogP contribution in [0.15, 0.2) is 0 Å². The Morgan fingerprint density at radius 2 is 1.69 bits per heavy atom. The molecule has 0 aromatic rings. The normalized spacial score (nSPS) is 26.1. The highest BCUT2D eigenvalue weighted by atomic mass is 32.2. The van der Waals surface area contributed by atoms with Crippen LogP contribution < -0.4 is 0 Å². The van der Waals surface area contributed by atoms with Gasteiger partial charge < -0.3 is 4.90 Å². The summed E-state index contributed by atoms with van der Waals surface area (Å²) < 4.78 is 0.362. The second-order valence-corrected chi connectivity index (χ2v) is 9.18. The van der Waals surface area contributed by atoms with E-state index < -0.39 is 0 Å². The van der Waals surface area contributed by atoms with Crippen LogP contribution in [0.4, 0.5) is 0 Å². The summed E-state index contributed by atoms with van der Waals surface area (Å²) in [6, 6.07) is 0.768. The fourth-order valence-electron chi connectivity index (χ4n) is 2.53. The highest BCUT2D eigenvalue weighted by Crippen LogP contribution is 2.43. The summed E-state index contributed by atoms with van der Waals surface area (Å²) in [7, 11) is 2.29. The molecule has 1 heterocycles. The van der Waals surface area contributed by atoms with E-state index >= 15 is 0 Å². The van der Waals surface area contributed by atoms with Gasteiger partial charge in [-0.2, -0.15) is 11.8 Å². The molecular weight excluding hydrogens is 214 g/mol. The lowest BCUT2D eigenvalue weighted by molar-refractivity contribution is 0.233. The average Bonchev–Trinajstić information content (AvgIpc) is 2.43. The molecule has 1 nitrogen and oxygen atoms in total. The van der Waals surface area contributed by atoms with E-state index in [0.717, 1.165) is 11.3 Å². The minimum Gasteiger partial charge on any atom is -0.302 e. The Morgan fingerprint density at radius 3 is 2.00 bits per heavy atom. The van der Waals surface area contributed by atoms with Crippen molar-refractivity contribution in [3.05, 3.63) is 0 Å². The van der Waals surface area contributed by atoms with Gasteiger partial charge in [0, 0.05) is 16.0 Å². The third-order valence-corrected chi connectivity index (χ3v) is 5.24. The van der Waals surface area contributed by atoms with Crippen LogP contribution >= 0.6 is 11.8 Å². The van der Waals surface area contributed by atoms with Crippen LogP contribution in [0, 0.1) is 5.41 Å². The van der Waals surface area contributed by atoms with Gasteiger partial charge in [-0.05, 0) is 31.8 Å². The first-order valence-corrected chi connectivity index (χ1v) is 7.37. The molecule has 96 valence electrons. The summed E-state index contributed by atoms with van der Waals surface area (Å²) in [6.07, 6.45) is 2.75. The van der Waals surface area contributed by atoms with Crippen molar-refractivity contribution in [2.45, 2.75) is 70.4 Å². The minimum absolute atomic E-state index is 0.362. The Labute approximate surface area is 106 Å². The minimum atomic E-state index is 0.362. The summed E-state index contributed by atoms with van der Waals surface area (Å²) in [5.74, 6) is 0. The molecule has 0 N–H and O–H groups in total. The van der Waals surface area contributed by atoms with Gasteiger partial charge in [0.05, 0.1) is 0 Å². The van der Waals surface area contributed by atoms with Gasteiger partial charge in [-0.3, -0.25) is 0 Å². The quantitative estimate of drug-likeness (QED) is 0.720. The third-order valence-electron chi connectivity index (χ3n) is 3.26. The van der Waals surface area contributed by atoms with Gasteiger partial charge >= 0.3 is 0 Å². The maximum atomic E-state index is 2.56. The lowest BCUT2D eigenvalue weighted by Crippen LogP contribution is -2.43. The lowest BCUT2D eigenvalue weighted by Gasteiger charge is -2.41. The molecule has 0 radical (unpaired) electrons. The van der Waals surface area contributed by atoms with E-state index in [1.807, 2.05) is 0 Å². The SMILES string of the molecule is CN1CCCC1C(SC(C)(C)C)C(C)(C)C. The molecule has 0 saturated carbocycles. The standard InChI is InChI=1S/C14H29NS/c1-13(2,3)12(16-14(4,5)6)11-9-8-10-15(11)7/h11-12H,8-10H2,1-7H3. The molecule has 1 aliphatic rings. The summed E-state index contributed by atoms with van der Waals surface area (Å²) in [6.45, 7) is 15.5. The average molecular weight is 243 g/mol. The number of hydrogen-bond donors (Lipinski definition) is 0. The van der Waals surface area contributed by atoms with E-state index in [1.54, 1.807) is 0 Å². The topological polar surface area (TPSA) is 3.24 Å². The van der Waals surface area contributed by atoms with Crippen LogP contribution in [-0.2, 0) is 0 Å². The van der Waals surface area contributed by atoms with Gasteiger partial charge in [-0.25, -0.2) is 0 Å². The second-order valence-electron chi connectivity index (χ2n) is 7.21. The van der Waals surface area contributed by atoms with Gasteiger partial charge in [0.25, 0.3) is 0 Å². The fourth-order valence-corrected chi connectivity index (χ4v) is 4.15. The van der Waals surface area contributed by atoms with Crippen LogP contribution in [0.1, 0.15) is 54.4 Å². The van der Waals surface area contributed by atoms with Crippen molar-refractivity contribution in [2.75, 3.05) is 13.6 Å². The van der Waals surface area contributed by atoms with Crippen LogP contribution in [0.5, 0.6) is 0 Å². The second kappa shape index (κ2) is 4.89. The number of nitrogens with zero attached hydrogens (tertiary/aromatic N) is 1. The first-order chi connectivity index (χ1) is 7.11. The van der Waals surface area contributed by atoms with E-state index in [0.29, 0.717) is 10.2 Å². The maximum absolute atomic E-state index is 2.56. The van der Waals surface area contributed by atoms with Crippen molar-refractivity contribution in [3.8, 4) is 0 Å². The molecule has 2 unspecified atom stereocenters. The van der Waals surface area contributed by atoms with Crippen molar-refractivity contribution in [1.29, 1.82) is 0 Å². The van der Waals surface area contributed by atoms with Crippen LogP contribution in [0.2, 0.25) is 0 Å². The Balaban J connectivity index is 2.79. The monoisotopic (exact) mass is 243 g/mol. The molecule has 0 bridgehead atoms. The predicted molar refractivity (Wildman–Crippen MR) is 76.2 cm³/mol. The summed E-state index contributed by atoms with van der Waals surface area (Å²) in [5.41, 5.74) is 0.390. The molecule has 1 saturated heterocycles. The Hall–Kier alpha value is 0.310. The highest BCUT2D eigenvalue weighted by molar-refractivity contribution is 8.01. The van der Waals surface area contributed by atoms with Crippen LogP contribution in [-0.4, -0.2) is 34.5 Å². The molecule has 2 heteroatoms. The molecule has 1 aliphatic heterocycles. The van der Waals surface area contributed by atoms with Gasteiger partial charge in [-0.1, -0.05) is 41.5 Å². The first kappa shape index (κ1) is 14.4. The number of likely N-dealkylation sites (tertiary alicyclic amines) is 1. The van der Waals surface area contributed by atoms with Gasteiger partial charge in [-0.15, -0.1) is 0 Å². The molecule has 16 heavy (non-hydrogen) atoms. The largest absolute Gasteiger partial charge is 0.302 e. The molecule has 1 rings (SSSR count). The van der Waals surface area contributed by atoms with Crippen molar-refractivity contribution in [2.24, 2.45) is 5.41 Å². The van der Waals surface area contributed by atoms with Gasteiger partial charge in [0.1, 0.15) is 0 Å². The van der Waals surface area contributed by atoms with E-state index in [9.17, 15) is 0 Å². The molecular formula is C14H29NS. The van der Waals surface area contributed by atoms with E-state index in [4.69, 9.17) is 0 Å². The fraction of sp³-hybridized carbons (Fsp3) is 1.00. The maximum Gasteiger partial charge on any atom is 0.0257 e. The van der Waals surface area contributed by atoms with E-state index in [2.05, 4.69) is 65.3 Å². The van der Waals surface area contributed by atoms with Gasteiger partial charge in [0.2, 0.25) is 0 Å². The Morgan fingerprint density at radius 1 is 1.12 bits per heavy atom. The van der Waals surface area contributed by atoms with Gasteiger partial charge in [0.15, 0.2) is 0 Å². The molecule has 0 aliphatic carbocycles. The van der Waals surface area contributed by atoms with Crippen molar-refractivity contribution >= 4 is 11.8 Å².